The fourth-order valence-corrected chi connectivity index (χ4v) is 3.63. The number of rotatable bonds is 12. The molecule has 0 aliphatic carbocycles. The molecule has 0 saturated carbocycles. The average Bonchev–Trinajstić information content (AvgIpc) is 3.32. The number of nitrogens with two attached hydrogens (primary N) is 1. The predicted molar refractivity (Wildman–Crippen MR) is 136 cm³/mol. The first-order chi connectivity index (χ1) is 16.5. The van der Waals surface area contributed by atoms with Crippen molar-refractivity contribution in [3.8, 4) is 5.75 Å². The number of likely N-dealkylation sites (tertiary alicyclic amines) is 1. The van der Waals surface area contributed by atoms with E-state index < -0.39 is 0 Å². The number of carbonyl (C=O) groups is 1. The van der Waals surface area contributed by atoms with Crippen molar-refractivity contribution in [3.63, 3.8) is 0 Å². The highest BCUT2D eigenvalue weighted by Crippen LogP contribution is 2.24. The first-order valence-corrected chi connectivity index (χ1v) is 11.3. The molecule has 10 nitrogen and oxygen atoms in total. The van der Waals surface area contributed by atoms with Gasteiger partial charge in [-0.2, -0.15) is 0 Å². The summed E-state index contributed by atoms with van der Waals surface area (Å²) in [5.74, 6) is 0.539. The highest BCUT2D eigenvalue weighted by molar-refractivity contribution is 6.32. The van der Waals surface area contributed by atoms with Crippen molar-refractivity contribution >= 4 is 35.9 Å². The van der Waals surface area contributed by atoms with Crippen molar-refractivity contribution in [3.05, 3.63) is 52.8 Å². The number of nitrogens with zero attached hydrogens (tertiary/aromatic N) is 3. The van der Waals surface area contributed by atoms with Crippen LogP contribution in [0, 0.1) is 5.41 Å². The van der Waals surface area contributed by atoms with Crippen LogP contribution in [0.1, 0.15) is 18.4 Å². The van der Waals surface area contributed by atoms with E-state index >= 15 is 0 Å². The number of aliphatic hydroxyl groups excluding tert-OH is 1. The van der Waals surface area contributed by atoms with Gasteiger partial charge in [0.2, 0.25) is 5.91 Å². The Balaban J connectivity index is 2.06. The lowest BCUT2D eigenvalue weighted by Crippen LogP contribution is -2.42. The van der Waals surface area contributed by atoms with Crippen molar-refractivity contribution in [1.82, 2.24) is 15.5 Å². The molecule has 11 heteroatoms. The number of carbonyl (C=O) groups excluding carboxylic acids is 1. The van der Waals surface area contributed by atoms with Crippen LogP contribution in [-0.2, 0) is 11.3 Å². The van der Waals surface area contributed by atoms with Crippen molar-refractivity contribution in [1.29, 1.82) is 5.41 Å². The Morgan fingerprint density at radius 1 is 1.47 bits per heavy atom. The molecule has 0 bridgehead atoms. The van der Waals surface area contributed by atoms with Gasteiger partial charge in [-0.25, -0.2) is 4.99 Å². The van der Waals surface area contributed by atoms with Gasteiger partial charge in [0.25, 0.3) is 0 Å². The standard InChI is InChI=1S/C23H32ClN7O3/c1-34-21-6-5-17(12-20(21)24)13-28-14-18(22(33)29-10-9-27-8-3-7-25)15-30-23(26)31-11-2-4-19(31)16-32/h3,5-9,12,15,19,25,28,32H,2,4,10-11,13-14,16H2,1H3,(H2,26,30)(H,29,33)/b8-3-,18-15+,25-7?,27-9?/t19-/m0/s1. The molecule has 1 aliphatic rings. The van der Waals surface area contributed by atoms with Crippen LogP contribution in [0.4, 0.5) is 0 Å². The molecular formula is C23H32ClN7O3. The minimum absolute atomic E-state index is 0.00497. The molecule has 1 aromatic rings. The Kier molecular flexibility index (Phi) is 11.8. The molecule has 34 heavy (non-hydrogen) atoms. The van der Waals surface area contributed by atoms with E-state index in [4.69, 9.17) is 27.5 Å². The van der Waals surface area contributed by atoms with Crippen LogP contribution in [0.2, 0.25) is 5.02 Å². The van der Waals surface area contributed by atoms with Gasteiger partial charge in [0.15, 0.2) is 5.96 Å². The van der Waals surface area contributed by atoms with Crippen LogP contribution in [0.15, 0.2) is 52.2 Å². The molecule has 1 aromatic carbocycles. The highest BCUT2D eigenvalue weighted by atomic mass is 35.5. The van der Waals surface area contributed by atoms with Gasteiger partial charge in [-0.05, 0) is 36.6 Å². The van der Waals surface area contributed by atoms with Crippen molar-refractivity contribution in [2.45, 2.75) is 25.4 Å². The lowest BCUT2D eigenvalue weighted by molar-refractivity contribution is -0.117. The van der Waals surface area contributed by atoms with Crippen molar-refractivity contribution < 1.29 is 14.6 Å². The van der Waals surface area contributed by atoms with Gasteiger partial charge in [0.1, 0.15) is 5.75 Å². The second-order valence-electron chi connectivity index (χ2n) is 7.44. The summed E-state index contributed by atoms with van der Waals surface area (Å²) in [7, 11) is 1.56. The minimum atomic E-state index is -0.320. The molecule has 0 radical (unpaired) electrons. The summed E-state index contributed by atoms with van der Waals surface area (Å²) < 4.78 is 5.17. The number of halogens is 1. The maximum absolute atomic E-state index is 12.7. The molecule has 6 N–H and O–H groups in total. The topological polar surface area (TPSA) is 148 Å². The molecule has 1 fully saturated rings. The number of allylic oxidation sites excluding steroid dienone is 1. The van der Waals surface area contributed by atoms with Gasteiger partial charge >= 0.3 is 0 Å². The molecule has 1 heterocycles. The molecule has 0 spiro atoms. The number of benzene rings is 1. The average molecular weight is 490 g/mol. The smallest absolute Gasteiger partial charge is 0.250 e. The van der Waals surface area contributed by atoms with Gasteiger partial charge in [-0.1, -0.05) is 17.7 Å². The number of hydrogen-bond donors (Lipinski definition) is 5. The Labute approximate surface area is 204 Å². The van der Waals surface area contributed by atoms with E-state index in [2.05, 4.69) is 20.6 Å². The highest BCUT2D eigenvalue weighted by Gasteiger charge is 2.25. The summed E-state index contributed by atoms with van der Waals surface area (Å²) >= 11 is 6.18. The predicted octanol–water partition coefficient (Wildman–Crippen LogP) is 1.44. The second kappa shape index (κ2) is 14.8. The van der Waals surface area contributed by atoms with Gasteiger partial charge in [0.05, 0.1) is 31.3 Å². The molecule has 0 aromatic heterocycles. The monoisotopic (exact) mass is 489 g/mol. The molecule has 1 atom stereocenters. The molecular weight excluding hydrogens is 458 g/mol. The molecule has 1 amide bonds. The number of aliphatic hydroxyl groups is 1. The van der Waals surface area contributed by atoms with E-state index in [1.807, 2.05) is 11.0 Å². The van der Waals surface area contributed by atoms with Crippen LogP contribution in [-0.4, -0.2) is 73.7 Å². The zero-order valence-electron chi connectivity index (χ0n) is 19.2. The van der Waals surface area contributed by atoms with E-state index in [1.54, 1.807) is 19.2 Å². The fourth-order valence-electron chi connectivity index (χ4n) is 3.35. The maximum Gasteiger partial charge on any atom is 0.250 e. The Bertz CT molecular complexity index is 946. The van der Waals surface area contributed by atoms with Crippen molar-refractivity contribution in [2.24, 2.45) is 15.7 Å². The first-order valence-electron chi connectivity index (χ1n) is 10.9. The van der Waals surface area contributed by atoms with Gasteiger partial charge in [-0.3, -0.25) is 9.79 Å². The van der Waals surface area contributed by atoms with Crippen LogP contribution >= 0.6 is 11.6 Å². The number of aliphatic imine (C=N–C) groups is 2. The van der Waals surface area contributed by atoms with E-state index in [-0.39, 0.29) is 37.6 Å². The third-order valence-corrected chi connectivity index (χ3v) is 5.41. The summed E-state index contributed by atoms with van der Waals surface area (Å²) in [6, 6.07) is 5.41. The Hall–Kier alpha value is -3.21. The van der Waals surface area contributed by atoms with E-state index in [1.165, 1.54) is 24.7 Å². The first kappa shape index (κ1) is 27.0. The third-order valence-electron chi connectivity index (χ3n) is 5.11. The maximum atomic E-state index is 12.7. The molecule has 1 saturated heterocycles. The zero-order chi connectivity index (χ0) is 24.8. The Morgan fingerprint density at radius 2 is 2.29 bits per heavy atom. The molecule has 0 unspecified atom stereocenters. The van der Waals surface area contributed by atoms with Gasteiger partial charge in [-0.15, -0.1) is 0 Å². The van der Waals surface area contributed by atoms with Gasteiger partial charge in [0, 0.05) is 50.0 Å². The van der Waals surface area contributed by atoms with Gasteiger partial charge < -0.3 is 36.5 Å². The molecule has 184 valence electrons. The molecule has 2 rings (SSSR count). The largest absolute Gasteiger partial charge is 0.495 e. The van der Waals surface area contributed by atoms with E-state index in [9.17, 15) is 9.90 Å². The number of guanidine groups is 1. The van der Waals surface area contributed by atoms with E-state index in [0.717, 1.165) is 24.6 Å². The normalized spacial score (nSPS) is 17.0. The number of nitrogens with one attached hydrogen (secondary N) is 3. The molecule has 1 aliphatic heterocycles. The van der Waals surface area contributed by atoms with Crippen LogP contribution in [0.25, 0.3) is 0 Å². The van der Waals surface area contributed by atoms with Crippen molar-refractivity contribution in [2.75, 3.05) is 33.4 Å². The minimum Gasteiger partial charge on any atom is -0.495 e. The lowest BCUT2D eigenvalue weighted by Gasteiger charge is -2.23. The number of hydrogen-bond acceptors (Lipinski definition) is 7. The number of methoxy groups -OCH3 is 1. The summed E-state index contributed by atoms with van der Waals surface area (Å²) in [6.45, 7) is 1.64. The second-order valence-corrected chi connectivity index (χ2v) is 7.84. The summed E-state index contributed by atoms with van der Waals surface area (Å²) in [6.07, 6.45) is 8.78. The Morgan fingerprint density at radius 3 is 3.00 bits per heavy atom. The SMILES string of the molecule is COc1ccc(CNC/C(=C\N=C(N)N2CCC[C@H]2CO)C(=O)NCC=N/C=C\C=N)cc1Cl. The third kappa shape index (κ3) is 8.62. The quantitative estimate of drug-likeness (QED) is 0.170. The summed E-state index contributed by atoms with van der Waals surface area (Å²) in [4.78, 5) is 22.8. The lowest BCUT2D eigenvalue weighted by atomic mass is 10.2. The zero-order valence-corrected chi connectivity index (χ0v) is 20.0. The van der Waals surface area contributed by atoms with Crippen LogP contribution in [0.3, 0.4) is 0 Å². The summed E-state index contributed by atoms with van der Waals surface area (Å²) in [5.41, 5.74) is 7.43. The van der Waals surface area contributed by atoms with Crippen LogP contribution in [0.5, 0.6) is 5.75 Å². The van der Waals surface area contributed by atoms with E-state index in [0.29, 0.717) is 29.4 Å². The van der Waals surface area contributed by atoms with Crippen LogP contribution < -0.4 is 21.1 Å². The number of amides is 1. The fraction of sp³-hybridized carbons (Fsp3) is 0.391. The number of ether oxygens (including phenoxy) is 1. The summed E-state index contributed by atoms with van der Waals surface area (Å²) in [5, 5.41) is 22.9.